The molecule has 0 bridgehead atoms. The summed E-state index contributed by atoms with van der Waals surface area (Å²) in [5, 5.41) is 3.02. The summed E-state index contributed by atoms with van der Waals surface area (Å²) in [7, 11) is 2.11. The molecule has 2 atom stereocenters. The third-order valence-corrected chi connectivity index (χ3v) is 2.95. The van der Waals surface area contributed by atoms with Crippen LogP contribution in [0.4, 0.5) is 0 Å². The molecule has 1 rings (SSSR count). The number of piperidine rings is 1. The van der Waals surface area contributed by atoms with Crippen molar-refractivity contribution in [1.29, 1.82) is 0 Å². The first kappa shape index (κ1) is 13.4. The molecular formula is C11H23N3O2. The quantitative estimate of drug-likeness (QED) is 0.619. The first-order valence-electron chi connectivity index (χ1n) is 5.89. The van der Waals surface area contributed by atoms with E-state index in [0.29, 0.717) is 19.1 Å². The summed E-state index contributed by atoms with van der Waals surface area (Å²) in [6.07, 6.45) is 1.01. The van der Waals surface area contributed by atoms with E-state index in [1.165, 1.54) is 0 Å². The molecule has 2 unspecified atom stereocenters. The van der Waals surface area contributed by atoms with Crippen LogP contribution in [-0.2, 0) is 9.53 Å². The van der Waals surface area contributed by atoms with Gasteiger partial charge in [0.1, 0.15) is 6.61 Å². The molecule has 3 N–H and O–H groups in total. The standard InChI is InChI=1S/C11H23N3O2/c1-9-7-14(2)5-3-10(9)13-11(15)8-16-6-4-12/h9-10H,3-8,12H2,1-2H3,(H,13,15). The summed E-state index contributed by atoms with van der Waals surface area (Å²) in [5.41, 5.74) is 5.27. The molecule has 1 amide bonds. The normalized spacial score (nSPS) is 26.7. The Labute approximate surface area is 97.3 Å². The fraction of sp³-hybridized carbons (Fsp3) is 0.909. The molecule has 0 spiro atoms. The van der Waals surface area contributed by atoms with Crippen LogP contribution in [0.2, 0.25) is 0 Å². The van der Waals surface area contributed by atoms with Gasteiger partial charge in [0.25, 0.3) is 0 Å². The molecule has 0 saturated carbocycles. The van der Waals surface area contributed by atoms with Gasteiger partial charge in [0.15, 0.2) is 0 Å². The van der Waals surface area contributed by atoms with Gasteiger partial charge in [-0.25, -0.2) is 0 Å². The topological polar surface area (TPSA) is 67.6 Å². The average molecular weight is 229 g/mol. The van der Waals surface area contributed by atoms with Gasteiger partial charge < -0.3 is 20.7 Å². The Kier molecular flexibility index (Phi) is 5.73. The summed E-state index contributed by atoms with van der Waals surface area (Å²) < 4.78 is 5.10. The van der Waals surface area contributed by atoms with Crippen LogP contribution in [0.25, 0.3) is 0 Å². The largest absolute Gasteiger partial charge is 0.370 e. The number of likely N-dealkylation sites (tertiary alicyclic amines) is 1. The Bertz CT molecular complexity index is 223. The maximum atomic E-state index is 11.5. The van der Waals surface area contributed by atoms with Gasteiger partial charge in [0.05, 0.1) is 6.61 Å². The molecular weight excluding hydrogens is 206 g/mol. The van der Waals surface area contributed by atoms with Crippen molar-refractivity contribution in [2.75, 3.05) is 39.9 Å². The minimum atomic E-state index is -0.0325. The lowest BCUT2D eigenvalue weighted by Crippen LogP contribution is -2.49. The minimum absolute atomic E-state index is 0.0325. The lowest BCUT2D eigenvalue weighted by Gasteiger charge is -2.35. The van der Waals surface area contributed by atoms with Gasteiger partial charge in [0.2, 0.25) is 5.91 Å². The van der Waals surface area contributed by atoms with Gasteiger partial charge in [0, 0.05) is 19.1 Å². The van der Waals surface area contributed by atoms with Crippen molar-refractivity contribution in [2.24, 2.45) is 11.7 Å². The molecule has 0 aromatic rings. The number of hydrogen-bond donors (Lipinski definition) is 2. The van der Waals surface area contributed by atoms with Crippen LogP contribution in [0.1, 0.15) is 13.3 Å². The first-order valence-corrected chi connectivity index (χ1v) is 5.89. The summed E-state index contributed by atoms with van der Waals surface area (Å²) in [6, 6.07) is 0.283. The van der Waals surface area contributed by atoms with E-state index in [0.717, 1.165) is 19.5 Å². The molecule has 5 heteroatoms. The molecule has 5 nitrogen and oxygen atoms in total. The van der Waals surface area contributed by atoms with Crippen molar-refractivity contribution in [3.8, 4) is 0 Å². The third kappa shape index (κ3) is 4.47. The number of hydrogen-bond acceptors (Lipinski definition) is 4. The van der Waals surface area contributed by atoms with E-state index in [1.807, 2.05) is 0 Å². The summed E-state index contributed by atoms with van der Waals surface area (Å²) in [4.78, 5) is 13.8. The third-order valence-electron chi connectivity index (χ3n) is 2.95. The highest BCUT2D eigenvalue weighted by atomic mass is 16.5. The second-order valence-electron chi connectivity index (χ2n) is 4.54. The Hall–Kier alpha value is -0.650. The van der Waals surface area contributed by atoms with Gasteiger partial charge in [-0.05, 0) is 25.9 Å². The van der Waals surface area contributed by atoms with Crippen LogP contribution in [0.3, 0.4) is 0 Å². The van der Waals surface area contributed by atoms with Crippen LogP contribution in [0, 0.1) is 5.92 Å². The SMILES string of the molecule is CC1CN(C)CCC1NC(=O)COCCN. The van der Waals surface area contributed by atoms with E-state index in [2.05, 4.69) is 24.2 Å². The number of amides is 1. The van der Waals surface area contributed by atoms with Crippen LogP contribution in [0.5, 0.6) is 0 Å². The van der Waals surface area contributed by atoms with E-state index in [9.17, 15) is 4.79 Å². The molecule has 0 aliphatic carbocycles. The van der Waals surface area contributed by atoms with E-state index in [-0.39, 0.29) is 18.6 Å². The molecule has 1 aliphatic heterocycles. The molecule has 1 saturated heterocycles. The summed E-state index contributed by atoms with van der Waals surface area (Å²) in [5.74, 6) is 0.465. The zero-order chi connectivity index (χ0) is 12.0. The van der Waals surface area contributed by atoms with Gasteiger partial charge in [-0.15, -0.1) is 0 Å². The predicted molar refractivity (Wildman–Crippen MR) is 63.1 cm³/mol. The Morgan fingerprint density at radius 3 is 3.00 bits per heavy atom. The van der Waals surface area contributed by atoms with Crippen molar-refractivity contribution < 1.29 is 9.53 Å². The molecule has 0 radical (unpaired) electrons. The fourth-order valence-electron chi connectivity index (χ4n) is 2.07. The smallest absolute Gasteiger partial charge is 0.246 e. The second kappa shape index (κ2) is 6.83. The lowest BCUT2D eigenvalue weighted by atomic mass is 9.94. The average Bonchev–Trinajstić information content (AvgIpc) is 2.23. The molecule has 1 fully saturated rings. The van der Waals surface area contributed by atoms with Crippen molar-refractivity contribution in [1.82, 2.24) is 10.2 Å². The number of nitrogens with zero attached hydrogens (tertiary/aromatic N) is 1. The molecule has 0 aromatic heterocycles. The molecule has 0 aromatic carbocycles. The van der Waals surface area contributed by atoms with Crippen LogP contribution in [0.15, 0.2) is 0 Å². The van der Waals surface area contributed by atoms with E-state index in [1.54, 1.807) is 0 Å². The second-order valence-corrected chi connectivity index (χ2v) is 4.54. The number of nitrogens with one attached hydrogen (secondary N) is 1. The number of nitrogens with two attached hydrogens (primary N) is 1. The van der Waals surface area contributed by atoms with E-state index >= 15 is 0 Å². The monoisotopic (exact) mass is 229 g/mol. The number of ether oxygens (including phenoxy) is 1. The molecule has 94 valence electrons. The number of carbonyl (C=O) groups excluding carboxylic acids is 1. The van der Waals surface area contributed by atoms with Crippen molar-refractivity contribution in [3.63, 3.8) is 0 Å². The lowest BCUT2D eigenvalue weighted by molar-refractivity contribution is -0.127. The van der Waals surface area contributed by atoms with Gasteiger partial charge in [-0.2, -0.15) is 0 Å². The zero-order valence-electron chi connectivity index (χ0n) is 10.2. The maximum absolute atomic E-state index is 11.5. The van der Waals surface area contributed by atoms with Crippen molar-refractivity contribution in [2.45, 2.75) is 19.4 Å². The first-order chi connectivity index (χ1) is 7.63. The Balaban J connectivity index is 2.22. The van der Waals surface area contributed by atoms with Crippen molar-refractivity contribution in [3.05, 3.63) is 0 Å². The van der Waals surface area contributed by atoms with Crippen LogP contribution >= 0.6 is 0 Å². The maximum Gasteiger partial charge on any atom is 0.246 e. The predicted octanol–water partition coefficient (Wildman–Crippen LogP) is -0.582. The minimum Gasteiger partial charge on any atom is -0.370 e. The Morgan fingerprint density at radius 1 is 1.62 bits per heavy atom. The van der Waals surface area contributed by atoms with Crippen molar-refractivity contribution >= 4 is 5.91 Å². The highest BCUT2D eigenvalue weighted by Gasteiger charge is 2.25. The number of rotatable bonds is 5. The highest BCUT2D eigenvalue weighted by molar-refractivity contribution is 5.77. The van der Waals surface area contributed by atoms with Gasteiger partial charge in [-0.3, -0.25) is 4.79 Å². The number of carbonyl (C=O) groups is 1. The van der Waals surface area contributed by atoms with E-state index in [4.69, 9.17) is 10.5 Å². The van der Waals surface area contributed by atoms with Gasteiger partial charge in [-0.1, -0.05) is 6.92 Å². The molecule has 1 heterocycles. The Morgan fingerprint density at radius 2 is 2.38 bits per heavy atom. The van der Waals surface area contributed by atoms with Crippen LogP contribution < -0.4 is 11.1 Å². The van der Waals surface area contributed by atoms with E-state index < -0.39 is 0 Å². The molecule has 16 heavy (non-hydrogen) atoms. The zero-order valence-corrected chi connectivity index (χ0v) is 10.2. The summed E-state index contributed by atoms with van der Waals surface area (Å²) >= 11 is 0. The van der Waals surface area contributed by atoms with Crippen LogP contribution in [-0.4, -0.2) is 56.7 Å². The molecule has 1 aliphatic rings. The fourth-order valence-corrected chi connectivity index (χ4v) is 2.07. The summed E-state index contributed by atoms with van der Waals surface area (Å²) in [6.45, 7) is 5.26. The highest BCUT2D eigenvalue weighted by Crippen LogP contribution is 2.14. The van der Waals surface area contributed by atoms with Gasteiger partial charge >= 0.3 is 0 Å².